The summed E-state index contributed by atoms with van der Waals surface area (Å²) in [7, 11) is -4.19. The number of aliphatic hydroxyl groups is 1. The van der Waals surface area contributed by atoms with Crippen molar-refractivity contribution in [3.05, 3.63) is 102 Å². The van der Waals surface area contributed by atoms with E-state index in [9.17, 15) is 13.5 Å². The summed E-state index contributed by atoms with van der Waals surface area (Å²) >= 11 is 0. The minimum Gasteiger partial charge on any atom is -0.368 e. The van der Waals surface area contributed by atoms with Crippen molar-refractivity contribution in [2.45, 2.75) is 49.6 Å². The molecular weight excluding hydrogens is 456 g/mol. The van der Waals surface area contributed by atoms with Crippen LogP contribution in [0.5, 0.6) is 0 Å². The maximum absolute atomic E-state index is 13.0. The van der Waals surface area contributed by atoms with Crippen LogP contribution in [0.3, 0.4) is 0 Å². The molecule has 0 bridgehead atoms. The number of rotatable bonds is 9. The van der Waals surface area contributed by atoms with Crippen LogP contribution < -0.4 is 0 Å². The lowest BCUT2D eigenvalue weighted by Gasteiger charge is -2.39. The fraction of sp³-hybridized carbons (Fsp3) is 0.308. The summed E-state index contributed by atoms with van der Waals surface area (Å²) in [6, 6.07) is 25.3. The number of hydrogen-bond donors (Lipinski definition) is 1. The normalized spacial score (nSPS) is 23.0. The van der Waals surface area contributed by atoms with Gasteiger partial charge in [0.2, 0.25) is 0 Å². The second kappa shape index (κ2) is 11.2. The smallest absolute Gasteiger partial charge is 0.297 e. The van der Waals surface area contributed by atoms with E-state index in [-0.39, 0.29) is 24.7 Å². The summed E-state index contributed by atoms with van der Waals surface area (Å²) in [5.41, 5.74) is 2.75. The maximum Gasteiger partial charge on any atom is 0.297 e. The lowest BCUT2D eigenvalue weighted by molar-refractivity contribution is -0.266. The van der Waals surface area contributed by atoms with Crippen LogP contribution in [0.25, 0.3) is 0 Å². The van der Waals surface area contributed by atoms with Crippen molar-refractivity contribution in [2.24, 2.45) is 0 Å². The molecule has 3 aromatic carbocycles. The number of hydrogen-bond acceptors (Lipinski definition) is 7. The zero-order chi connectivity index (χ0) is 24.0. The third kappa shape index (κ3) is 6.29. The van der Waals surface area contributed by atoms with Gasteiger partial charge in [0.05, 0.1) is 24.7 Å². The van der Waals surface area contributed by atoms with E-state index in [0.717, 1.165) is 16.7 Å². The Hall–Kier alpha value is -2.59. The molecule has 8 heteroatoms. The first-order valence-electron chi connectivity index (χ1n) is 11.0. The van der Waals surface area contributed by atoms with Crippen molar-refractivity contribution in [1.29, 1.82) is 0 Å². The van der Waals surface area contributed by atoms with Gasteiger partial charge in [0.15, 0.2) is 12.4 Å². The third-order valence-electron chi connectivity index (χ3n) is 5.54. The van der Waals surface area contributed by atoms with E-state index in [1.165, 1.54) is 12.1 Å². The highest BCUT2D eigenvalue weighted by Gasteiger charge is 2.45. The van der Waals surface area contributed by atoms with Gasteiger partial charge in [-0.3, -0.25) is 4.18 Å². The summed E-state index contributed by atoms with van der Waals surface area (Å²) in [4.78, 5) is -0.0144. The molecule has 4 rings (SSSR count). The molecule has 34 heavy (non-hydrogen) atoms. The molecule has 180 valence electrons. The fourth-order valence-corrected chi connectivity index (χ4v) is 4.73. The van der Waals surface area contributed by atoms with Crippen molar-refractivity contribution in [3.8, 4) is 0 Å². The van der Waals surface area contributed by atoms with Crippen LogP contribution in [0.1, 0.15) is 16.7 Å². The molecule has 0 unspecified atom stereocenters. The quantitative estimate of drug-likeness (QED) is 0.464. The first-order chi connectivity index (χ1) is 16.4. The highest BCUT2D eigenvalue weighted by Crippen LogP contribution is 2.28. The van der Waals surface area contributed by atoms with Gasteiger partial charge in [-0.05, 0) is 30.2 Å². The number of aliphatic hydroxyl groups excluding tert-OH is 1. The first-order valence-corrected chi connectivity index (χ1v) is 12.4. The molecule has 0 radical (unpaired) electrons. The molecule has 1 N–H and O–H groups in total. The van der Waals surface area contributed by atoms with E-state index in [0.29, 0.717) is 0 Å². The molecule has 1 saturated heterocycles. The summed E-state index contributed by atoms with van der Waals surface area (Å²) in [5, 5.41) is 10.5. The predicted molar refractivity (Wildman–Crippen MR) is 125 cm³/mol. The van der Waals surface area contributed by atoms with E-state index < -0.39 is 34.7 Å². The number of ether oxygens (including phenoxy) is 3. The van der Waals surface area contributed by atoms with Crippen LogP contribution in [0.15, 0.2) is 89.8 Å². The van der Waals surface area contributed by atoms with Crippen LogP contribution in [0, 0.1) is 6.92 Å². The second-order valence-corrected chi connectivity index (χ2v) is 9.72. The number of aryl methyl sites for hydroxylation is 1. The highest BCUT2D eigenvalue weighted by atomic mass is 32.2. The topological polar surface area (TPSA) is 91.3 Å². The molecule has 1 fully saturated rings. The lowest BCUT2D eigenvalue weighted by Crippen LogP contribution is -2.56. The number of benzene rings is 3. The van der Waals surface area contributed by atoms with Crippen molar-refractivity contribution in [3.63, 3.8) is 0 Å². The van der Waals surface area contributed by atoms with Crippen LogP contribution in [-0.2, 0) is 41.7 Å². The molecule has 3 aromatic rings. The molecule has 4 atom stereocenters. The van der Waals surface area contributed by atoms with E-state index in [4.69, 9.17) is 18.4 Å². The Kier molecular flexibility index (Phi) is 8.10. The van der Waals surface area contributed by atoms with Crippen LogP contribution in [0.2, 0.25) is 0 Å². The van der Waals surface area contributed by atoms with Gasteiger partial charge in [-0.1, -0.05) is 78.4 Å². The monoisotopic (exact) mass is 484 g/mol. The summed E-state index contributed by atoms with van der Waals surface area (Å²) in [6.45, 7) is 2.34. The largest absolute Gasteiger partial charge is 0.368 e. The summed E-state index contributed by atoms with van der Waals surface area (Å²) in [5.74, 6) is 0. The van der Waals surface area contributed by atoms with Crippen LogP contribution in [-0.4, -0.2) is 44.7 Å². The van der Waals surface area contributed by atoms with Gasteiger partial charge >= 0.3 is 0 Å². The Balaban J connectivity index is 1.55. The van der Waals surface area contributed by atoms with E-state index >= 15 is 0 Å². The minimum absolute atomic E-state index is 0.0144. The van der Waals surface area contributed by atoms with Crippen LogP contribution in [0.4, 0.5) is 0 Å². The molecular formula is C26H28O7S. The molecule has 0 amide bonds. The summed E-state index contributed by atoms with van der Waals surface area (Å²) < 4.78 is 49.0. The maximum atomic E-state index is 13.0. The van der Waals surface area contributed by atoms with Gasteiger partial charge in [-0.15, -0.1) is 0 Å². The Morgan fingerprint density at radius 3 is 1.97 bits per heavy atom. The predicted octanol–water partition coefficient (Wildman–Crippen LogP) is 3.59. The van der Waals surface area contributed by atoms with Crippen LogP contribution >= 0.6 is 0 Å². The average molecular weight is 485 g/mol. The third-order valence-corrected chi connectivity index (χ3v) is 6.87. The van der Waals surface area contributed by atoms with E-state index in [1.54, 1.807) is 12.1 Å². The molecule has 0 aromatic heterocycles. The fourth-order valence-electron chi connectivity index (χ4n) is 3.66. The highest BCUT2D eigenvalue weighted by molar-refractivity contribution is 7.86. The molecule has 0 aliphatic carbocycles. The van der Waals surface area contributed by atoms with Gasteiger partial charge in [0.1, 0.15) is 12.2 Å². The average Bonchev–Trinajstić information content (AvgIpc) is 2.85. The van der Waals surface area contributed by atoms with Crippen molar-refractivity contribution in [1.82, 2.24) is 0 Å². The van der Waals surface area contributed by atoms with E-state index in [2.05, 4.69) is 0 Å². The Morgan fingerprint density at radius 1 is 0.824 bits per heavy atom. The second-order valence-electron chi connectivity index (χ2n) is 8.15. The first kappa shape index (κ1) is 24.5. The van der Waals surface area contributed by atoms with Gasteiger partial charge in [0, 0.05) is 0 Å². The molecule has 1 aliphatic rings. The lowest BCUT2D eigenvalue weighted by atomic mass is 10.0. The molecule has 0 saturated carbocycles. The van der Waals surface area contributed by atoms with E-state index in [1.807, 2.05) is 67.6 Å². The van der Waals surface area contributed by atoms with Gasteiger partial charge in [-0.2, -0.15) is 8.42 Å². The Morgan fingerprint density at radius 2 is 1.38 bits per heavy atom. The molecule has 0 spiro atoms. The minimum atomic E-state index is -4.19. The van der Waals surface area contributed by atoms with Crippen molar-refractivity contribution in [2.75, 3.05) is 6.61 Å². The SMILES string of the molecule is Cc1ccc(S(=O)(=O)O[C@@H]2[C@@H](OCc3ccccc3)[C@@H](OCc3ccccc3)CO[C@H]2O)cc1. The standard InChI is InChI=1S/C26H28O7S/c1-19-12-14-22(15-13-19)34(28,29)33-25-24(31-17-21-10-6-3-7-11-21)23(18-32-26(25)27)30-16-20-8-4-2-5-9-20/h2-15,23-27H,16-18H2,1H3/t23-,24-,25+,26+/m0/s1. The zero-order valence-electron chi connectivity index (χ0n) is 18.8. The molecule has 1 aliphatic heterocycles. The Bertz CT molecular complexity index is 1130. The summed E-state index contributed by atoms with van der Waals surface area (Å²) in [6.07, 6.45) is -4.37. The molecule has 1 heterocycles. The van der Waals surface area contributed by atoms with Gasteiger partial charge < -0.3 is 19.3 Å². The zero-order valence-corrected chi connectivity index (χ0v) is 19.6. The van der Waals surface area contributed by atoms with Crippen molar-refractivity contribution >= 4 is 10.1 Å². The van der Waals surface area contributed by atoms with Gasteiger partial charge in [0.25, 0.3) is 10.1 Å². The Labute approximate surface area is 200 Å². The van der Waals surface area contributed by atoms with Gasteiger partial charge in [-0.25, -0.2) is 0 Å². The van der Waals surface area contributed by atoms with Crippen molar-refractivity contribution < 1.29 is 31.9 Å². The molecule has 7 nitrogen and oxygen atoms in total.